The van der Waals surface area contributed by atoms with Gasteiger partial charge < -0.3 is 20.3 Å². The minimum absolute atomic E-state index is 0.168. The number of nitrogens with zero attached hydrogens (tertiary/aromatic N) is 3. The topological polar surface area (TPSA) is 52.1 Å². The summed E-state index contributed by atoms with van der Waals surface area (Å²) in [5.41, 5.74) is 0.452. The normalized spacial score (nSPS) is 22.4. The van der Waals surface area contributed by atoms with Gasteiger partial charge in [-0.15, -0.1) is 0 Å². The second kappa shape index (κ2) is 10.0. The number of guanidine groups is 1. The molecule has 8 heteroatoms. The van der Waals surface area contributed by atoms with Gasteiger partial charge in [0.15, 0.2) is 5.96 Å². The van der Waals surface area contributed by atoms with E-state index >= 15 is 0 Å². The first-order valence-electron chi connectivity index (χ1n) is 10.1. The van der Waals surface area contributed by atoms with E-state index in [0.29, 0.717) is 24.8 Å². The highest BCUT2D eigenvalue weighted by Gasteiger charge is 2.25. The molecule has 2 atom stereocenters. The molecule has 0 saturated carbocycles. The molecule has 0 radical (unpaired) electrons. The molecule has 2 unspecified atom stereocenters. The van der Waals surface area contributed by atoms with E-state index < -0.39 is 11.6 Å². The predicted octanol–water partition coefficient (Wildman–Crippen LogP) is 1.82. The standard InChI is InChI=1S/C20H31F2N5O/c1-3-23-20(24-13-15(2)26-8-10-28-11-9-26)25-17-6-7-27(14-17)19-5-4-16(21)12-18(19)22/h4-5,12,15,17H,3,6-11,13-14H2,1-2H3,(H2,23,24,25). The lowest BCUT2D eigenvalue weighted by Gasteiger charge is -2.31. The van der Waals surface area contributed by atoms with Crippen LogP contribution in [0.1, 0.15) is 20.3 Å². The summed E-state index contributed by atoms with van der Waals surface area (Å²) in [5.74, 6) is -0.277. The highest BCUT2D eigenvalue weighted by molar-refractivity contribution is 5.80. The molecule has 2 heterocycles. The number of aliphatic imine (C=N–C) groups is 1. The van der Waals surface area contributed by atoms with Gasteiger partial charge in [-0.3, -0.25) is 9.89 Å². The molecule has 0 amide bonds. The molecule has 3 rings (SSSR count). The Morgan fingerprint density at radius 1 is 1.29 bits per heavy atom. The fourth-order valence-corrected chi connectivity index (χ4v) is 3.71. The molecule has 2 fully saturated rings. The fourth-order valence-electron chi connectivity index (χ4n) is 3.71. The second-order valence-corrected chi connectivity index (χ2v) is 7.39. The quantitative estimate of drug-likeness (QED) is 0.569. The van der Waals surface area contributed by atoms with E-state index in [1.165, 1.54) is 12.1 Å². The lowest BCUT2D eigenvalue weighted by Crippen LogP contribution is -2.46. The van der Waals surface area contributed by atoms with Gasteiger partial charge in [-0.1, -0.05) is 0 Å². The third-order valence-electron chi connectivity index (χ3n) is 5.31. The van der Waals surface area contributed by atoms with Crippen molar-refractivity contribution >= 4 is 11.6 Å². The van der Waals surface area contributed by atoms with Crippen LogP contribution < -0.4 is 15.5 Å². The zero-order valence-corrected chi connectivity index (χ0v) is 16.8. The predicted molar refractivity (Wildman–Crippen MR) is 108 cm³/mol. The number of anilines is 1. The van der Waals surface area contributed by atoms with Crippen LogP contribution in [0.3, 0.4) is 0 Å². The van der Waals surface area contributed by atoms with Crippen LogP contribution in [0, 0.1) is 11.6 Å². The summed E-state index contributed by atoms with van der Waals surface area (Å²) in [5, 5.41) is 6.76. The Balaban J connectivity index is 1.55. The minimum atomic E-state index is -0.550. The van der Waals surface area contributed by atoms with E-state index in [2.05, 4.69) is 22.5 Å². The SMILES string of the molecule is CCNC(=NCC(C)N1CCOCC1)NC1CCN(c2ccc(F)cc2F)C1. The first kappa shape index (κ1) is 20.8. The lowest BCUT2D eigenvalue weighted by atomic mass is 10.2. The van der Waals surface area contributed by atoms with Crippen molar-refractivity contribution in [2.24, 2.45) is 4.99 Å². The van der Waals surface area contributed by atoms with Crippen LogP contribution in [0.25, 0.3) is 0 Å². The number of morpholine rings is 1. The molecule has 0 bridgehead atoms. The summed E-state index contributed by atoms with van der Waals surface area (Å²) in [7, 11) is 0. The average molecular weight is 395 g/mol. The van der Waals surface area contributed by atoms with Crippen LogP contribution >= 0.6 is 0 Å². The summed E-state index contributed by atoms with van der Waals surface area (Å²) in [6.07, 6.45) is 0.875. The second-order valence-electron chi connectivity index (χ2n) is 7.39. The van der Waals surface area contributed by atoms with E-state index in [1.54, 1.807) is 0 Å². The van der Waals surface area contributed by atoms with Crippen molar-refractivity contribution in [1.82, 2.24) is 15.5 Å². The molecule has 6 nitrogen and oxygen atoms in total. The van der Waals surface area contributed by atoms with Crippen molar-refractivity contribution in [1.29, 1.82) is 0 Å². The van der Waals surface area contributed by atoms with Crippen LogP contribution in [0.15, 0.2) is 23.2 Å². The molecule has 0 aliphatic carbocycles. The Morgan fingerprint density at radius 2 is 2.07 bits per heavy atom. The van der Waals surface area contributed by atoms with Crippen molar-refractivity contribution in [3.05, 3.63) is 29.8 Å². The molecule has 0 aromatic heterocycles. The highest BCUT2D eigenvalue weighted by atomic mass is 19.1. The molecular weight excluding hydrogens is 364 g/mol. The van der Waals surface area contributed by atoms with Gasteiger partial charge in [0.05, 0.1) is 25.4 Å². The number of hydrogen-bond acceptors (Lipinski definition) is 4. The summed E-state index contributed by atoms with van der Waals surface area (Å²) < 4.78 is 32.6. The van der Waals surface area contributed by atoms with E-state index in [-0.39, 0.29) is 6.04 Å². The third-order valence-corrected chi connectivity index (χ3v) is 5.31. The number of benzene rings is 1. The Labute approximate surface area is 165 Å². The van der Waals surface area contributed by atoms with E-state index in [9.17, 15) is 8.78 Å². The maximum absolute atomic E-state index is 14.0. The number of ether oxygens (including phenoxy) is 1. The van der Waals surface area contributed by atoms with Crippen molar-refractivity contribution in [3.8, 4) is 0 Å². The monoisotopic (exact) mass is 395 g/mol. The van der Waals surface area contributed by atoms with Crippen LogP contribution in [0.5, 0.6) is 0 Å². The molecular formula is C20H31F2N5O. The van der Waals surface area contributed by atoms with Gasteiger partial charge >= 0.3 is 0 Å². The molecule has 2 N–H and O–H groups in total. The maximum atomic E-state index is 14.0. The number of rotatable bonds is 6. The Bertz CT molecular complexity index is 666. The molecule has 28 heavy (non-hydrogen) atoms. The van der Waals surface area contributed by atoms with Gasteiger partial charge in [0.1, 0.15) is 11.6 Å². The van der Waals surface area contributed by atoms with Gasteiger partial charge in [-0.2, -0.15) is 0 Å². The van der Waals surface area contributed by atoms with Crippen molar-refractivity contribution in [3.63, 3.8) is 0 Å². The van der Waals surface area contributed by atoms with E-state index in [0.717, 1.165) is 57.8 Å². The average Bonchev–Trinajstić information content (AvgIpc) is 3.15. The largest absolute Gasteiger partial charge is 0.379 e. The van der Waals surface area contributed by atoms with E-state index in [1.807, 2.05) is 11.8 Å². The van der Waals surface area contributed by atoms with Crippen LogP contribution in [-0.4, -0.2) is 75.4 Å². The zero-order chi connectivity index (χ0) is 19.9. The molecule has 2 aliphatic heterocycles. The van der Waals surface area contributed by atoms with Gasteiger partial charge in [-0.25, -0.2) is 8.78 Å². The van der Waals surface area contributed by atoms with Crippen molar-refractivity contribution < 1.29 is 13.5 Å². The Kier molecular flexibility index (Phi) is 7.44. The molecule has 1 aromatic rings. The smallest absolute Gasteiger partial charge is 0.191 e. The lowest BCUT2D eigenvalue weighted by molar-refractivity contribution is 0.0220. The van der Waals surface area contributed by atoms with Gasteiger partial charge in [0.25, 0.3) is 0 Å². The van der Waals surface area contributed by atoms with Crippen molar-refractivity contribution in [2.45, 2.75) is 32.4 Å². The van der Waals surface area contributed by atoms with Gasteiger partial charge in [0.2, 0.25) is 0 Å². The summed E-state index contributed by atoms with van der Waals surface area (Å²) in [4.78, 5) is 9.09. The molecule has 156 valence electrons. The first-order valence-corrected chi connectivity index (χ1v) is 10.1. The number of nitrogens with one attached hydrogen (secondary N) is 2. The summed E-state index contributed by atoms with van der Waals surface area (Å²) >= 11 is 0. The maximum Gasteiger partial charge on any atom is 0.191 e. The molecule has 0 spiro atoms. The number of halogens is 2. The van der Waals surface area contributed by atoms with Crippen LogP contribution in [-0.2, 0) is 4.74 Å². The number of hydrogen-bond donors (Lipinski definition) is 2. The Morgan fingerprint density at radius 3 is 2.79 bits per heavy atom. The van der Waals surface area contributed by atoms with Crippen LogP contribution in [0.2, 0.25) is 0 Å². The first-order chi connectivity index (χ1) is 13.6. The Hall–Kier alpha value is -1.93. The van der Waals surface area contributed by atoms with E-state index in [4.69, 9.17) is 9.73 Å². The molecule has 1 aromatic carbocycles. The van der Waals surface area contributed by atoms with Gasteiger partial charge in [-0.05, 0) is 32.4 Å². The minimum Gasteiger partial charge on any atom is -0.379 e. The summed E-state index contributed by atoms with van der Waals surface area (Å²) in [6.45, 7) is 10.6. The van der Waals surface area contributed by atoms with Gasteiger partial charge in [0, 0.05) is 50.9 Å². The highest BCUT2D eigenvalue weighted by Crippen LogP contribution is 2.24. The van der Waals surface area contributed by atoms with Crippen LogP contribution in [0.4, 0.5) is 14.5 Å². The zero-order valence-electron chi connectivity index (χ0n) is 16.8. The third kappa shape index (κ3) is 5.54. The van der Waals surface area contributed by atoms with Crippen molar-refractivity contribution in [2.75, 3.05) is 57.4 Å². The molecule has 2 saturated heterocycles. The summed E-state index contributed by atoms with van der Waals surface area (Å²) in [6, 6.07) is 4.27. The molecule has 2 aliphatic rings. The fraction of sp³-hybridized carbons (Fsp3) is 0.650.